The maximum atomic E-state index is 13.4. The summed E-state index contributed by atoms with van der Waals surface area (Å²) in [5, 5.41) is 6.02. The van der Waals surface area contributed by atoms with Crippen LogP contribution in [0.2, 0.25) is 0 Å². The molecule has 226 valence electrons. The van der Waals surface area contributed by atoms with Gasteiger partial charge >= 0.3 is 6.18 Å². The number of nitrogens with two attached hydrogens (primary N) is 1. The number of benzene rings is 2. The molecule has 0 radical (unpaired) electrons. The van der Waals surface area contributed by atoms with Gasteiger partial charge in [-0.1, -0.05) is 18.8 Å². The Balaban J connectivity index is 1.67. The van der Waals surface area contributed by atoms with Crippen molar-refractivity contribution in [3.63, 3.8) is 0 Å². The largest absolute Gasteiger partial charge is 0.495 e. The number of ether oxygens (including phenoxy) is 1. The van der Waals surface area contributed by atoms with E-state index in [1.54, 1.807) is 0 Å². The van der Waals surface area contributed by atoms with E-state index in [1.807, 2.05) is 14.0 Å². The van der Waals surface area contributed by atoms with Crippen LogP contribution in [0.15, 0.2) is 35.2 Å². The molecule has 10 nitrogen and oxygen atoms in total. The molecule has 0 saturated carbocycles. The van der Waals surface area contributed by atoms with E-state index >= 15 is 0 Å². The Morgan fingerprint density at radius 1 is 1.26 bits per heavy atom. The molecule has 2 atom stereocenters. The Morgan fingerprint density at radius 3 is 2.64 bits per heavy atom. The number of rotatable bonds is 7. The van der Waals surface area contributed by atoms with Crippen LogP contribution in [0.4, 0.5) is 24.8 Å². The third kappa shape index (κ3) is 7.27. The van der Waals surface area contributed by atoms with E-state index in [-0.39, 0.29) is 51.5 Å². The highest BCUT2D eigenvalue weighted by Gasteiger charge is 2.31. The van der Waals surface area contributed by atoms with Gasteiger partial charge < -0.3 is 30.6 Å². The first-order chi connectivity index (χ1) is 19.7. The SMILES string of the molecule is COc1ccc(S(C)(=O)=O)cc1NCC#Cc1cc(C(=O)NC2CCN(C)CC2C)c2nc(N)n(CC(F)(F)F)c2c1. The maximum Gasteiger partial charge on any atom is 0.406 e. The fraction of sp³-hybridized carbons (Fsp3) is 0.429. The molecule has 0 spiro atoms. The quantitative estimate of drug-likeness (QED) is 0.350. The molecular weight excluding hydrogens is 573 g/mol. The van der Waals surface area contributed by atoms with Gasteiger partial charge in [-0.05, 0) is 56.3 Å². The number of imidazole rings is 1. The molecule has 1 aromatic heterocycles. The van der Waals surface area contributed by atoms with Gasteiger partial charge in [0.25, 0.3) is 5.91 Å². The topological polar surface area (TPSA) is 132 Å². The second-order valence-electron chi connectivity index (χ2n) is 10.5. The minimum absolute atomic E-state index is 0.0358. The van der Waals surface area contributed by atoms with Crippen molar-refractivity contribution in [3.05, 3.63) is 41.5 Å². The number of methoxy groups -OCH3 is 1. The van der Waals surface area contributed by atoms with E-state index in [1.165, 1.54) is 37.4 Å². The minimum Gasteiger partial charge on any atom is -0.495 e. The standard InChI is InChI=1S/C28H33F3N6O4S/c1-17-15-36(2)11-9-21(17)34-26(38)20-12-18(13-23-25(20)35-27(32)37(23)16-28(29,30)31)6-5-10-33-22-14-19(42(4,39)40)7-8-24(22)41-3/h7-8,12-14,17,21,33H,9-11,15-16H2,1-4H3,(H2,32,35)(H,34,38). The number of amides is 1. The summed E-state index contributed by atoms with van der Waals surface area (Å²) in [6, 6.07) is 7.15. The van der Waals surface area contributed by atoms with E-state index in [2.05, 4.69) is 32.4 Å². The van der Waals surface area contributed by atoms with Crippen molar-refractivity contribution in [2.75, 3.05) is 51.1 Å². The van der Waals surface area contributed by atoms with Crippen LogP contribution in [0.1, 0.15) is 29.3 Å². The molecule has 3 aromatic rings. The normalized spacial score (nSPS) is 17.9. The van der Waals surface area contributed by atoms with Gasteiger partial charge in [-0.3, -0.25) is 4.79 Å². The van der Waals surface area contributed by atoms with Gasteiger partial charge in [0, 0.05) is 24.4 Å². The summed E-state index contributed by atoms with van der Waals surface area (Å²) in [5.41, 5.74) is 6.72. The first-order valence-electron chi connectivity index (χ1n) is 13.1. The number of alkyl halides is 3. The molecule has 4 rings (SSSR count). The monoisotopic (exact) mass is 606 g/mol. The molecule has 1 aliphatic rings. The van der Waals surface area contributed by atoms with Crippen LogP contribution in [0.3, 0.4) is 0 Å². The van der Waals surface area contributed by atoms with E-state index in [0.29, 0.717) is 11.4 Å². The average molecular weight is 607 g/mol. The van der Waals surface area contributed by atoms with Gasteiger partial charge in [-0.2, -0.15) is 13.2 Å². The Morgan fingerprint density at radius 2 is 2.00 bits per heavy atom. The highest BCUT2D eigenvalue weighted by atomic mass is 32.2. The number of nitrogens with zero attached hydrogens (tertiary/aromatic N) is 3. The number of hydrogen-bond acceptors (Lipinski definition) is 8. The number of carbonyl (C=O) groups excluding carboxylic acids is 1. The summed E-state index contributed by atoms with van der Waals surface area (Å²) in [6.07, 6.45) is -2.75. The molecule has 1 amide bonds. The number of aromatic nitrogens is 2. The van der Waals surface area contributed by atoms with Crippen LogP contribution in [0.25, 0.3) is 11.0 Å². The number of sulfone groups is 1. The molecule has 0 bridgehead atoms. The zero-order valence-electron chi connectivity index (χ0n) is 23.7. The third-order valence-electron chi connectivity index (χ3n) is 7.09. The van der Waals surface area contributed by atoms with Crippen LogP contribution < -0.4 is 21.1 Å². The molecule has 42 heavy (non-hydrogen) atoms. The molecule has 1 saturated heterocycles. The number of nitrogen functional groups attached to an aromatic ring is 1. The molecule has 2 heterocycles. The fourth-order valence-electron chi connectivity index (χ4n) is 4.99. The molecule has 4 N–H and O–H groups in total. The minimum atomic E-state index is -4.57. The number of likely N-dealkylation sites (tertiary alicyclic amines) is 1. The lowest BCUT2D eigenvalue weighted by atomic mass is 9.93. The Labute approximate surface area is 242 Å². The van der Waals surface area contributed by atoms with Crippen molar-refractivity contribution in [2.45, 2.75) is 37.0 Å². The third-order valence-corrected chi connectivity index (χ3v) is 8.20. The zero-order valence-corrected chi connectivity index (χ0v) is 24.5. The van der Waals surface area contributed by atoms with Crippen molar-refractivity contribution >= 4 is 38.4 Å². The Hall–Kier alpha value is -3.96. The van der Waals surface area contributed by atoms with Crippen molar-refractivity contribution in [1.82, 2.24) is 19.8 Å². The van der Waals surface area contributed by atoms with Gasteiger partial charge in [0.05, 0.1) is 35.3 Å². The molecule has 1 aliphatic heterocycles. The zero-order chi connectivity index (χ0) is 30.8. The van der Waals surface area contributed by atoms with Crippen LogP contribution in [0, 0.1) is 17.8 Å². The molecule has 1 fully saturated rings. The number of hydrogen-bond donors (Lipinski definition) is 3. The van der Waals surface area contributed by atoms with Crippen LogP contribution in [-0.4, -0.2) is 81.0 Å². The molecule has 2 aromatic carbocycles. The molecule has 0 aliphatic carbocycles. The average Bonchev–Trinajstić information content (AvgIpc) is 3.20. The highest BCUT2D eigenvalue weighted by Crippen LogP contribution is 2.29. The van der Waals surface area contributed by atoms with Crippen LogP contribution >= 0.6 is 0 Å². The molecule has 14 heteroatoms. The number of carbonyl (C=O) groups is 1. The predicted molar refractivity (Wildman–Crippen MR) is 154 cm³/mol. The van der Waals surface area contributed by atoms with Gasteiger partial charge in [0.1, 0.15) is 17.8 Å². The number of piperidine rings is 1. The first-order valence-corrected chi connectivity index (χ1v) is 15.0. The fourth-order valence-corrected chi connectivity index (χ4v) is 5.63. The summed E-state index contributed by atoms with van der Waals surface area (Å²) in [6.45, 7) is 2.29. The van der Waals surface area contributed by atoms with Crippen molar-refractivity contribution < 1.29 is 31.1 Å². The molecular formula is C28H33F3N6O4S. The van der Waals surface area contributed by atoms with E-state index in [0.717, 1.165) is 30.3 Å². The Kier molecular flexibility index (Phi) is 8.93. The van der Waals surface area contributed by atoms with Crippen molar-refractivity contribution in [1.29, 1.82) is 0 Å². The lowest BCUT2D eigenvalue weighted by molar-refractivity contribution is -0.139. The van der Waals surface area contributed by atoms with Crippen molar-refractivity contribution in [2.24, 2.45) is 5.92 Å². The second-order valence-corrected chi connectivity index (χ2v) is 12.5. The maximum absolute atomic E-state index is 13.4. The highest BCUT2D eigenvalue weighted by molar-refractivity contribution is 7.90. The second kappa shape index (κ2) is 12.1. The lowest BCUT2D eigenvalue weighted by Gasteiger charge is -2.35. The van der Waals surface area contributed by atoms with Gasteiger partial charge in [0.15, 0.2) is 9.84 Å². The summed E-state index contributed by atoms with van der Waals surface area (Å²) in [5.74, 6) is 5.49. The van der Waals surface area contributed by atoms with E-state index in [4.69, 9.17) is 10.5 Å². The number of anilines is 2. The van der Waals surface area contributed by atoms with Gasteiger partial charge in [-0.15, -0.1) is 0 Å². The van der Waals surface area contributed by atoms with E-state index in [9.17, 15) is 26.4 Å². The van der Waals surface area contributed by atoms with Crippen LogP contribution in [-0.2, 0) is 16.4 Å². The molecule has 2 unspecified atom stereocenters. The summed E-state index contributed by atoms with van der Waals surface area (Å²) >= 11 is 0. The summed E-state index contributed by atoms with van der Waals surface area (Å²) in [7, 11) is -0.0160. The van der Waals surface area contributed by atoms with E-state index < -0.39 is 28.5 Å². The summed E-state index contributed by atoms with van der Waals surface area (Å²) in [4.78, 5) is 19.8. The van der Waals surface area contributed by atoms with Crippen LogP contribution in [0.5, 0.6) is 5.75 Å². The van der Waals surface area contributed by atoms with Gasteiger partial charge in [0.2, 0.25) is 5.95 Å². The number of halogens is 3. The number of nitrogens with one attached hydrogen (secondary N) is 2. The summed E-state index contributed by atoms with van der Waals surface area (Å²) < 4.78 is 70.1. The van der Waals surface area contributed by atoms with Gasteiger partial charge in [-0.25, -0.2) is 13.4 Å². The lowest BCUT2D eigenvalue weighted by Crippen LogP contribution is -2.48. The first kappa shape index (κ1) is 31.0. The smallest absolute Gasteiger partial charge is 0.406 e. The van der Waals surface area contributed by atoms with Crippen molar-refractivity contribution in [3.8, 4) is 17.6 Å². The number of fused-ring (bicyclic) bond motifs is 1. The predicted octanol–water partition coefficient (Wildman–Crippen LogP) is 3.13. The Bertz CT molecular complexity index is 1660.